The van der Waals surface area contributed by atoms with Crippen LogP contribution in [0.15, 0.2) is 85.2 Å². The molecule has 2 aromatic heterocycles. The fourth-order valence-corrected chi connectivity index (χ4v) is 5.68. The number of pyridine rings is 2. The second kappa shape index (κ2) is 14.2. The molecule has 2 heterocycles. The van der Waals surface area contributed by atoms with Crippen molar-refractivity contribution in [3.05, 3.63) is 102 Å². The molecule has 1 aliphatic carbocycles. The zero-order valence-corrected chi connectivity index (χ0v) is 27.6. The van der Waals surface area contributed by atoms with Gasteiger partial charge < -0.3 is 26.0 Å². The molecule has 1 fully saturated rings. The van der Waals surface area contributed by atoms with Gasteiger partial charge in [-0.1, -0.05) is 73.5 Å². The zero-order valence-electron chi connectivity index (χ0n) is 27.6. The standard InChI is InChI=1S/C37H43FN6O3/c1-36(2,3)47-35(46)42-31-19-13-12-18-30(31)41-33-29(38)21-28(34(45)44-37(4,5)26-16-10-7-11-17-26)32(43-33)40-27-20-25(22-39-23-27)24-14-8-6-9-15-24/h6-11,14-17,20-23,30-31H,12-13,18-19H2,1-5H3,(H,42,46)(H,44,45)(H2,40,41,43)/t30-,31+/m0/s1. The maximum absolute atomic E-state index is 15.9. The lowest BCUT2D eigenvalue weighted by molar-refractivity contribution is 0.0488. The highest BCUT2D eigenvalue weighted by Crippen LogP contribution is 2.30. The Morgan fingerprint density at radius 1 is 0.830 bits per heavy atom. The summed E-state index contributed by atoms with van der Waals surface area (Å²) in [7, 11) is 0. The average molecular weight is 639 g/mol. The molecule has 9 nitrogen and oxygen atoms in total. The fourth-order valence-electron chi connectivity index (χ4n) is 5.68. The quantitative estimate of drug-likeness (QED) is 0.147. The molecule has 5 rings (SSSR count). The average Bonchev–Trinajstić information content (AvgIpc) is 3.03. The van der Waals surface area contributed by atoms with Gasteiger partial charge in [-0.3, -0.25) is 9.78 Å². The van der Waals surface area contributed by atoms with Gasteiger partial charge >= 0.3 is 6.09 Å². The highest BCUT2D eigenvalue weighted by molar-refractivity contribution is 6.00. The van der Waals surface area contributed by atoms with E-state index in [2.05, 4.69) is 31.2 Å². The van der Waals surface area contributed by atoms with E-state index < -0.39 is 29.0 Å². The highest BCUT2D eigenvalue weighted by Gasteiger charge is 2.31. The monoisotopic (exact) mass is 638 g/mol. The Morgan fingerprint density at radius 2 is 1.49 bits per heavy atom. The fraction of sp³-hybridized carbons (Fsp3) is 0.351. The number of halogens is 1. The van der Waals surface area contributed by atoms with Gasteiger partial charge in [-0.2, -0.15) is 0 Å². The number of carbonyl (C=O) groups excluding carboxylic acids is 2. The van der Waals surface area contributed by atoms with Crippen molar-refractivity contribution in [1.29, 1.82) is 0 Å². The molecule has 4 N–H and O–H groups in total. The lowest BCUT2D eigenvalue weighted by Crippen LogP contribution is -2.50. The summed E-state index contributed by atoms with van der Waals surface area (Å²) in [5.74, 6) is -1.04. The van der Waals surface area contributed by atoms with E-state index in [1.807, 2.05) is 80.6 Å². The maximum atomic E-state index is 15.9. The summed E-state index contributed by atoms with van der Waals surface area (Å²) in [6, 6.07) is 21.9. The Morgan fingerprint density at radius 3 is 2.17 bits per heavy atom. The number of hydrogen-bond donors (Lipinski definition) is 4. The number of aromatic nitrogens is 2. The number of benzene rings is 2. The van der Waals surface area contributed by atoms with E-state index in [9.17, 15) is 9.59 Å². The minimum atomic E-state index is -0.750. The first-order valence-corrected chi connectivity index (χ1v) is 16.0. The van der Waals surface area contributed by atoms with E-state index in [-0.39, 0.29) is 29.3 Å². The molecule has 10 heteroatoms. The third kappa shape index (κ3) is 8.84. The van der Waals surface area contributed by atoms with Gasteiger partial charge in [0.15, 0.2) is 11.6 Å². The lowest BCUT2D eigenvalue weighted by atomic mass is 9.90. The van der Waals surface area contributed by atoms with Crippen molar-refractivity contribution in [3.63, 3.8) is 0 Å². The van der Waals surface area contributed by atoms with Gasteiger partial charge in [0, 0.05) is 17.8 Å². The molecular formula is C37H43FN6O3. The van der Waals surface area contributed by atoms with E-state index in [4.69, 9.17) is 4.74 Å². The van der Waals surface area contributed by atoms with Crippen molar-refractivity contribution in [1.82, 2.24) is 20.6 Å². The number of hydrogen-bond acceptors (Lipinski definition) is 7. The summed E-state index contributed by atoms with van der Waals surface area (Å²) < 4.78 is 21.4. The number of nitrogens with one attached hydrogen (secondary N) is 4. The van der Waals surface area contributed by atoms with E-state index >= 15 is 4.39 Å². The van der Waals surface area contributed by atoms with Crippen LogP contribution >= 0.6 is 0 Å². The van der Waals surface area contributed by atoms with Gasteiger partial charge in [0.05, 0.1) is 29.0 Å². The summed E-state index contributed by atoms with van der Waals surface area (Å²) in [4.78, 5) is 35.4. The van der Waals surface area contributed by atoms with Crippen LogP contribution in [0.25, 0.3) is 11.1 Å². The molecule has 1 aliphatic rings. The van der Waals surface area contributed by atoms with Crippen molar-refractivity contribution in [2.45, 2.75) is 83.5 Å². The number of rotatable bonds is 9. The number of ether oxygens (including phenoxy) is 1. The summed E-state index contributed by atoms with van der Waals surface area (Å²) >= 11 is 0. The molecule has 2 atom stereocenters. The molecule has 0 aliphatic heterocycles. The first-order valence-electron chi connectivity index (χ1n) is 16.0. The number of anilines is 3. The molecule has 2 aromatic carbocycles. The van der Waals surface area contributed by atoms with Crippen LogP contribution in [0.3, 0.4) is 0 Å². The van der Waals surface area contributed by atoms with Crippen LogP contribution < -0.4 is 21.3 Å². The summed E-state index contributed by atoms with van der Waals surface area (Å²) in [6.45, 7) is 9.20. The Bertz CT molecular complexity index is 1690. The zero-order chi connectivity index (χ0) is 33.6. The minimum absolute atomic E-state index is 0.0265. The molecule has 0 unspecified atom stereocenters. The second-order valence-corrected chi connectivity index (χ2v) is 13.4. The van der Waals surface area contributed by atoms with E-state index in [0.717, 1.165) is 29.5 Å². The van der Waals surface area contributed by atoms with Crippen molar-refractivity contribution in [2.24, 2.45) is 0 Å². The van der Waals surface area contributed by atoms with Crippen LogP contribution in [0.1, 0.15) is 76.2 Å². The second-order valence-electron chi connectivity index (χ2n) is 13.4. The highest BCUT2D eigenvalue weighted by atomic mass is 19.1. The molecule has 47 heavy (non-hydrogen) atoms. The largest absolute Gasteiger partial charge is 0.444 e. The summed E-state index contributed by atoms with van der Waals surface area (Å²) in [5.41, 5.74) is 1.96. The minimum Gasteiger partial charge on any atom is -0.444 e. The van der Waals surface area contributed by atoms with Gasteiger partial charge in [-0.25, -0.2) is 14.2 Å². The molecule has 246 valence electrons. The summed E-state index contributed by atoms with van der Waals surface area (Å²) in [5, 5.41) is 12.5. The topological polar surface area (TPSA) is 117 Å². The van der Waals surface area contributed by atoms with Crippen LogP contribution in [0.5, 0.6) is 0 Å². The summed E-state index contributed by atoms with van der Waals surface area (Å²) in [6.07, 6.45) is 6.08. The van der Waals surface area contributed by atoms with E-state index in [1.165, 1.54) is 6.07 Å². The lowest BCUT2D eigenvalue weighted by Gasteiger charge is -2.34. The van der Waals surface area contributed by atoms with Crippen molar-refractivity contribution < 1.29 is 18.7 Å². The number of alkyl carbamates (subject to hydrolysis) is 1. The van der Waals surface area contributed by atoms with Gasteiger partial charge in [0.2, 0.25) is 0 Å². The third-order valence-electron chi connectivity index (χ3n) is 8.04. The number of amides is 2. The molecule has 0 spiro atoms. The Kier molecular flexibility index (Phi) is 10.1. The van der Waals surface area contributed by atoms with Crippen molar-refractivity contribution in [2.75, 3.05) is 10.6 Å². The van der Waals surface area contributed by atoms with Gasteiger partial charge in [-0.05, 0) is 70.7 Å². The molecule has 1 saturated carbocycles. The molecule has 4 aromatic rings. The third-order valence-corrected chi connectivity index (χ3v) is 8.04. The van der Waals surface area contributed by atoms with E-state index in [1.54, 1.807) is 33.2 Å². The Labute approximate surface area is 275 Å². The molecule has 0 bridgehead atoms. The molecular weight excluding hydrogens is 595 g/mol. The van der Waals surface area contributed by atoms with Crippen LogP contribution in [-0.4, -0.2) is 39.7 Å². The van der Waals surface area contributed by atoms with Crippen LogP contribution in [0.4, 0.5) is 26.5 Å². The number of carbonyl (C=O) groups is 2. The molecule has 2 amide bonds. The smallest absolute Gasteiger partial charge is 0.407 e. The SMILES string of the molecule is CC(C)(C)OC(=O)N[C@@H]1CCCC[C@@H]1Nc1nc(Nc2cncc(-c3ccccc3)c2)c(C(=O)NC(C)(C)c2ccccc2)cc1F. The van der Waals surface area contributed by atoms with Gasteiger partial charge in [-0.15, -0.1) is 0 Å². The maximum Gasteiger partial charge on any atom is 0.407 e. The molecule has 0 saturated heterocycles. The number of nitrogens with zero attached hydrogens (tertiary/aromatic N) is 2. The normalized spacial score (nSPS) is 16.6. The van der Waals surface area contributed by atoms with Crippen LogP contribution in [-0.2, 0) is 10.3 Å². The molecule has 0 radical (unpaired) electrons. The first kappa shape index (κ1) is 33.4. The Hall–Kier alpha value is -4.99. The van der Waals surface area contributed by atoms with Crippen molar-refractivity contribution >= 4 is 29.3 Å². The predicted octanol–water partition coefficient (Wildman–Crippen LogP) is 7.94. The van der Waals surface area contributed by atoms with Gasteiger partial charge in [0.25, 0.3) is 5.91 Å². The van der Waals surface area contributed by atoms with Crippen LogP contribution in [0.2, 0.25) is 0 Å². The van der Waals surface area contributed by atoms with E-state index in [0.29, 0.717) is 18.5 Å². The van der Waals surface area contributed by atoms with Crippen LogP contribution in [0, 0.1) is 5.82 Å². The predicted molar refractivity (Wildman–Crippen MR) is 183 cm³/mol. The van der Waals surface area contributed by atoms with Crippen molar-refractivity contribution in [3.8, 4) is 11.1 Å². The Balaban J connectivity index is 1.46. The van der Waals surface area contributed by atoms with Gasteiger partial charge in [0.1, 0.15) is 11.4 Å². The first-order chi connectivity index (χ1) is 22.4.